The number of rotatable bonds is 9. The maximum absolute atomic E-state index is 15.5. The molecule has 188 valence electrons. The summed E-state index contributed by atoms with van der Waals surface area (Å²) in [7, 11) is 1.54. The minimum atomic E-state index is -1.06. The summed E-state index contributed by atoms with van der Waals surface area (Å²) in [6, 6.07) is 4.05. The van der Waals surface area contributed by atoms with Crippen LogP contribution >= 0.6 is 0 Å². The average Bonchev–Trinajstić information content (AvgIpc) is 2.79. The second-order valence-electron chi connectivity index (χ2n) is 9.94. The quantitative estimate of drug-likeness (QED) is 0.160. The predicted molar refractivity (Wildman–Crippen MR) is 132 cm³/mol. The van der Waals surface area contributed by atoms with Crippen molar-refractivity contribution < 1.29 is 27.8 Å². The lowest BCUT2D eigenvalue weighted by atomic mass is 9.62. The van der Waals surface area contributed by atoms with Gasteiger partial charge in [0.2, 0.25) is 5.83 Å². The molecule has 0 N–H and O–H groups in total. The topological polar surface area (TPSA) is 44.8 Å². The summed E-state index contributed by atoms with van der Waals surface area (Å²) in [6.07, 6.45) is 4.89. The van der Waals surface area contributed by atoms with Gasteiger partial charge in [0.1, 0.15) is 11.6 Å². The summed E-state index contributed by atoms with van der Waals surface area (Å²) in [6.45, 7) is 13.8. The molecule has 0 spiro atoms. The highest BCUT2D eigenvalue weighted by atomic mass is 19.1. The van der Waals surface area contributed by atoms with E-state index in [2.05, 4.69) is 32.4 Å². The molecule has 1 aromatic rings. The van der Waals surface area contributed by atoms with Crippen LogP contribution in [0.15, 0.2) is 41.5 Å². The molecular weight excluding hydrogens is 438 g/mol. The number of allylic oxidation sites excluding steroid dienone is 5. The van der Waals surface area contributed by atoms with Crippen molar-refractivity contribution in [2.45, 2.75) is 78.6 Å². The van der Waals surface area contributed by atoms with Crippen LogP contribution in [0.25, 0.3) is 5.57 Å². The monoisotopic (exact) mass is 476 g/mol. The fourth-order valence-electron chi connectivity index (χ4n) is 4.29. The molecule has 1 aliphatic rings. The summed E-state index contributed by atoms with van der Waals surface area (Å²) in [5.74, 6) is -2.06. The zero-order chi connectivity index (χ0) is 25.7. The molecule has 6 heteroatoms. The number of ether oxygens (including phenoxy) is 3. The smallest absolute Gasteiger partial charge is 0.367 e. The van der Waals surface area contributed by atoms with Gasteiger partial charge in [-0.15, -0.1) is 0 Å². The van der Waals surface area contributed by atoms with Crippen molar-refractivity contribution in [1.29, 1.82) is 0 Å². The van der Waals surface area contributed by atoms with E-state index in [1.165, 1.54) is 37.3 Å². The van der Waals surface area contributed by atoms with E-state index in [1.54, 1.807) is 6.92 Å². The van der Waals surface area contributed by atoms with Crippen molar-refractivity contribution in [3.63, 3.8) is 0 Å². The molecule has 2 rings (SSSR count). The Bertz CT molecular complexity index is 1000. The molecule has 1 aromatic carbocycles. The third-order valence-electron chi connectivity index (χ3n) is 6.53. The van der Waals surface area contributed by atoms with Crippen molar-refractivity contribution in [1.82, 2.24) is 0 Å². The summed E-state index contributed by atoms with van der Waals surface area (Å²) in [4.78, 5) is 11.6. The number of hydrogen-bond acceptors (Lipinski definition) is 4. The first-order chi connectivity index (χ1) is 15.9. The molecule has 0 saturated carbocycles. The van der Waals surface area contributed by atoms with Crippen LogP contribution in [0.3, 0.4) is 0 Å². The lowest BCUT2D eigenvalue weighted by molar-refractivity contribution is -0.140. The zero-order valence-corrected chi connectivity index (χ0v) is 21.7. The Morgan fingerprint density at radius 2 is 1.62 bits per heavy atom. The van der Waals surface area contributed by atoms with Gasteiger partial charge < -0.3 is 14.2 Å². The van der Waals surface area contributed by atoms with Gasteiger partial charge in [0.25, 0.3) is 0 Å². The first-order valence-electron chi connectivity index (χ1n) is 11.8. The summed E-state index contributed by atoms with van der Waals surface area (Å²) < 4.78 is 45.3. The van der Waals surface area contributed by atoms with Gasteiger partial charge in [-0.3, -0.25) is 0 Å². The maximum Gasteiger partial charge on any atom is 0.367 e. The third kappa shape index (κ3) is 6.15. The van der Waals surface area contributed by atoms with Crippen LogP contribution in [-0.2, 0) is 25.1 Å². The Labute approximate surface area is 202 Å². The van der Waals surface area contributed by atoms with Gasteiger partial charge in [-0.1, -0.05) is 40.7 Å². The highest BCUT2D eigenvalue weighted by Gasteiger charge is 2.38. The maximum atomic E-state index is 15.5. The number of carbonyl (C=O) groups is 1. The Kier molecular flexibility index (Phi) is 9.23. The summed E-state index contributed by atoms with van der Waals surface area (Å²) >= 11 is 0. The van der Waals surface area contributed by atoms with E-state index in [-0.39, 0.29) is 29.8 Å². The van der Waals surface area contributed by atoms with Crippen LogP contribution in [0.1, 0.15) is 84.4 Å². The molecule has 4 nitrogen and oxygen atoms in total. The first-order valence-corrected chi connectivity index (χ1v) is 11.8. The summed E-state index contributed by atoms with van der Waals surface area (Å²) in [5, 5.41) is 0. The number of carbonyl (C=O) groups excluding carboxylic acids is 1. The van der Waals surface area contributed by atoms with E-state index in [0.29, 0.717) is 23.3 Å². The van der Waals surface area contributed by atoms with Crippen LogP contribution in [-0.4, -0.2) is 26.5 Å². The van der Waals surface area contributed by atoms with Crippen LogP contribution in [0.5, 0.6) is 5.75 Å². The van der Waals surface area contributed by atoms with Crippen molar-refractivity contribution in [3.05, 3.63) is 58.2 Å². The molecule has 0 fully saturated rings. The van der Waals surface area contributed by atoms with Gasteiger partial charge in [0, 0.05) is 12.7 Å². The average molecular weight is 477 g/mol. The normalized spacial score (nSPS) is 18.2. The standard InChI is InChI=1S/C28H38F2O4/c1-9-19(23(29)12-11-18(3)25(30)26(31)33-10-2)20-15-21-22(16-24(20)34-17-32-8)28(6,7)14-13-27(21,4)5/h11-12,15-16H,9-10,13-14,17H2,1-8H3/b12-11+,23-19+,25-18-. The largest absolute Gasteiger partial charge is 0.467 e. The van der Waals surface area contributed by atoms with Gasteiger partial charge in [-0.25, -0.2) is 9.18 Å². The molecule has 0 aliphatic heterocycles. The highest BCUT2D eigenvalue weighted by Crippen LogP contribution is 2.49. The van der Waals surface area contributed by atoms with E-state index in [0.717, 1.165) is 12.8 Å². The number of esters is 1. The van der Waals surface area contributed by atoms with E-state index >= 15 is 4.39 Å². The zero-order valence-electron chi connectivity index (χ0n) is 21.7. The van der Waals surface area contributed by atoms with Gasteiger partial charge in [0.05, 0.1) is 6.61 Å². The number of fused-ring (bicyclic) bond motifs is 1. The molecule has 0 radical (unpaired) electrons. The van der Waals surface area contributed by atoms with Crippen LogP contribution in [0, 0.1) is 0 Å². The van der Waals surface area contributed by atoms with Crippen molar-refractivity contribution in [2.24, 2.45) is 0 Å². The molecule has 0 saturated heterocycles. The van der Waals surface area contributed by atoms with Crippen LogP contribution in [0.2, 0.25) is 0 Å². The second-order valence-corrected chi connectivity index (χ2v) is 9.94. The van der Waals surface area contributed by atoms with E-state index in [9.17, 15) is 9.18 Å². The molecule has 0 bridgehead atoms. The summed E-state index contributed by atoms with van der Waals surface area (Å²) in [5.41, 5.74) is 3.36. The molecular formula is C28H38F2O4. The SMILES string of the molecule is CCOC(=O)/C(F)=C(C)/C=C/C(F)=C(/CC)c1cc2c(cc1OCOC)C(C)(C)CCC2(C)C. The number of benzene rings is 1. The Balaban J connectivity index is 2.64. The highest BCUT2D eigenvalue weighted by molar-refractivity contribution is 5.87. The van der Waals surface area contributed by atoms with E-state index in [1.807, 2.05) is 19.1 Å². The van der Waals surface area contributed by atoms with E-state index < -0.39 is 17.6 Å². The fourth-order valence-corrected chi connectivity index (χ4v) is 4.29. The van der Waals surface area contributed by atoms with Crippen LogP contribution in [0.4, 0.5) is 8.78 Å². The fraction of sp³-hybridized carbons (Fsp3) is 0.536. The van der Waals surface area contributed by atoms with Crippen molar-refractivity contribution in [2.75, 3.05) is 20.5 Å². The van der Waals surface area contributed by atoms with Crippen LogP contribution < -0.4 is 4.74 Å². The Hall–Kier alpha value is -2.47. The number of methoxy groups -OCH3 is 1. The molecule has 1 aliphatic carbocycles. The van der Waals surface area contributed by atoms with Gasteiger partial charge in [0.15, 0.2) is 6.79 Å². The van der Waals surface area contributed by atoms with E-state index in [4.69, 9.17) is 9.47 Å². The van der Waals surface area contributed by atoms with Gasteiger partial charge in [-0.05, 0) is 84.4 Å². The Morgan fingerprint density at radius 3 is 2.15 bits per heavy atom. The molecule has 0 amide bonds. The lowest BCUT2D eigenvalue weighted by Gasteiger charge is -2.42. The minimum Gasteiger partial charge on any atom is -0.467 e. The van der Waals surface area contributed by atoms with Crippen molar-refractivity contribution in [3.8, 4) is 5.75 Å². The van der Waals surface area contributed by atoms with Gasteiger partial charge in [-0.2, -0.15) is 4.39 Å². The number of halogens is 2. The third-order valence-corrected chi connectivity index (χ3v) is 6.53. The lowest BCUT2D eigenvalue weighted by Crippen LogP contribution is -2.34. The molecule has 0 unspecified atom stereocenters. The predicted octanol–water partition coefficient (Wildman–Crippen LogP) is 7.47. The van der Waals surface area contributed by atoms with Crippen molar-refractivity contribution >= 4 is 11.5 Å². The van der Waals surface area contributed by atoms with Gasteiger partial charge >= 0.3 is 5.97 Å². The molecule has 0 atom stereocenters. The minimum absolute atomic E-state index is 0.00627. The Morgan fingerprint density at radius 1 is 1.03 bits per heavy atom. The molecule has 0 heterocycles. The second kappa shape index (κ2) is 11.3. The molecule has 0 aromatic heterocycles. The molecule has 34 heavy (non-hydrogen) atoms. The number of hydrogen-bond donors (Lipinski definition) is 0. The first kappa shape index (κ1) is 27.8.